The van der Waals surface area contributed by atoms with Gasteiger partial charge in [0.05, 0.1) is 5.25 Å². The maximum atomic E-state index is 11.8. The Morgan fingerprint density at radius 3 is 2.78 bits per heavy atom. The van der Waals surface area contributed by atoms with Gasteiger partial charge >= 0.3 is 0 Å². The maximum absolute atomic E-state index is 11.8. The largest absolute Gasteiger partial charge is 0.347 e. The second-order valence-corrected chi connectivity index (χ2v) is 7.20. The molecule has 2 amide bonds. The van der Waals surface area contributed by atoms with Gasteiger partial charge in [0.2, 0.25) is 5.91 Å². The van der Waals surface area contributed by atoms with Crippen LogP contribution in [0.15, 0.2) is 42.1 Å². The van der Waals surface area contributed by atoms with Gasteiger partial charge in [-0.15, -0.1) is 0 Å². The predicted molar refractivity (Wildman–Crippen MR) is 94.6 cm³/mol. The van der Waals surface area contributed by atoms with E-state index in [-0.39, 0.29) is 16.4 Å². The van der Waals surface area contributed by atoms with Crippen molar-refractivity contribution in [2.45, 2.75) is 38.5 Å². The van der Waals surface area contributed by atoms with Crippen LogP contribution in [0, 0.1) is 0 Å². The first kappa shape index (κ1) is 15.9. The van der Waals surface area contributed by atoms with Crippen LogP contribution in [-0.2, 0) is 17.8 Å². The average molecular weight is 328 g/mol. The van der Waals surface area contributed by atoms with E-state index in [9.17, 15) is 9.59 Å². The summed E-state index contributed by atoms with van der Waals surface area (Å²) in [6.45, 7) is 5.12. The lowest BCUT2D eigenvalue weighted by molar-refractivity contribution is -0.118. The van der Waals surface area contributed by atoms with Gasteiger partial charge in [-0.3, -0.25) is 14.9 Å². The van der Waals surface area contributed by atoms with E-state index in [1.807, 2.05) is 12.1 Å². The van der Waals surface area contributed by atoms with Crippen LogP contribution in [0.3, 0.4) is 0 Å². The van der Waals surface area contributed by atoms with Crippen molar-refractivity contribution < 1.29 is 9.59 Å². The molecular weight excluding hydrogens is 308 g/mol. The van der Waals surface area contributed by atoms with E-state index >= 15 is 0 Å². The smallest absolute Gasteiger partial charge is 0.286 e. The van der Waals surface area contributed by atoms with Crippen LogP contribution in [0.1, 0.15) is 25.8 Å². The number of aryl methyl sites for hydroxylation is 1. The summed E-state index contributed by atoms with van der Waals surface area (Å²) in [6, 6.07) is 8.24. The third kappa shape index (κ3) is 3.50. The van der Waals surface area contributed by atoms with E-state index < -0.39 is 0 Å². The summed E-state index contributed by atoms with van der Waals surface area (Å²) >= 11 is 1.09. The number of thioether (sulfide) groups is 1. The average Bonchev–Trinajstić information content (AvgIpc) is 3.00. The molecule has 1 unspecified atom stereocenters. The highest BCUT2D eigenvalue weighted by Crippen LogP contribution is 2.28. The van der Waals surface area contributed by atoms with Gasteiger partial charge in [0.15, 0.2) is 0 Å². The van der Waals surface area contributed by atoms with Crippen LogP contribution in [0.2, 0.25) is 0 Å². The number of benzene rings is 1. The summed E-state index contributed by atoms with van der Waals surface area (Å²) in [5.41, 5.74) is 3.62. The summed E-state index contributed by atoms with van der Waals surface area (Å²) in [5, 5.41) is 2.96. The Morgan fingerprint density at radius 2 is 2.09 bits per heavy atom. The predicted octanol–water partition coefficient (Wildman–Crippen LogP) is 3.89. The Balaban J connectivity index is 1.87. The van der Waals surface area contributed by atoms with Gasteiger partial charge in [-0.25, -0.2) is 0 Å². The Kier molecular flexibility index (Phi) is 4.57. The van der Waals surface area contributed by atoms with Crippen molar-refractivity contribution in [1.82, 2.24) is 9.88 Å². The minimum atomic E-state index is -0.320. The third-order valence-corrected chi connectivity index (χ3v) is 4.95. The molecule has 23 heavy (non-hydrogen) atoms. The van der Waals surface area contributed by atoms with Gasteiger partial charge in [-0.2, -0.15) is 0 Å². The van der Waals surface area contributed by atoms with Gasteiger partial charge in [0.1, 0.15) is 0 Å². The molecule has 1 aromatic carbocycles. The molecular formula is C18H20N2O2S. The molecule has 1 atom stereocenters. The number of allylic oxidation sites excluding steroid dienone is 2. The van der Waals surface area contributed by atoms with Gasteiger partial charge in [0, 0.05) is 23.6 Å². The molecule has 0 spiro atoms. The zero-order valence-corrected chi connectivity index (χ0v) is 14.2. The third-order valence-electron chi connectivity index (χ3n) is 3.97. The normalized spacial score (nSPS) is 17.6. The van der Waals surface area contributed by atoms with Crippen molar-refractivity contribution in [1.29, 1.82) is 0 Å². The number of nitrogens with one attached hydrogen (secondary N) is 1. The highest BCUT2D eigenvalue weighted by atomic mass is 32.2. The van der Waals surface area contributed by atoms with Crippen LogP contribution < -0.4 is 5.32 Å². The fraction of sp³-hybridized carbons (Fsp3) is 0.333. The Bertz CT molecular complexity index is 787. The maximum Gasteiger partial charge on any atom is 0.286 e. The lowest BCUT2D eigenvalue weighted by Gasteiger charge is -2.03. The van der Waals surface area contributed by atoms with Gasteiger partial charge in [-0.1, -0.05) is 41.6 Å². The lowest BCUT2D eigenvalue weighted by atomic mass is 10.1. The number of aromatic nitrogens is 1. The highest BCUT2D eigenvalue weighted by molar-refractivity contribution is 8.15. The summed E-state index contributed by atoms with van der Waals surface area (Å²) in [5.74, 6) is -0.179. The van der Waals surface area contributed by atoms with E-state index in [2.05, 4.69) is 48.1 Å². The fourth-order valence-electron chi connectivity index (χ4n) is 2.89. The van der Waals surface area contributed by atoms with Crippen LogP contribution in [-0.4, -0.2) is 21.0 Å². The van der Waals surface area contributed by atoms with E-state index in [1.165, 1.54) is 11.1 Å². The zero-order chi connectivity index (χ0) is 16.4. The quantitative estimate of drug-likeness (QED) is 0.847. The van der Waals surface area contributed by atoms with Crippen molar-refractivity contribution in [3.8, 4) is 0 Å². The molecule has 1 saturated heterocycles. The summed E-state index contributed by atoms with van der Waals surface area (Å²) in [4.78, 5) is 23.2. The van der Waals surface area contributed by atoms with Crippen molar-refractivity contribution >= 4 is 33.8 Å². The fourth-order valence-corrected chi connectivity index (χ4v) is 3.74. The number of carbonyl (C=O) groups is 2. The van der Waals surface area contributed by atoms with Crippen molar-refractivity contribution in [3.05, 3.63) is 47.7 Å². The van der Waals surface area contributed by atoms with E-state index in [4.69, 9.17) is 0 Å². The molecule has 1 fully saturated rings. The Hall–Kier alpha value is -2.01. The first-order valence-electron chi connectivity index (χ1n) is 7.76. The minimum absolute atomic E-state index is 0.179. The Morgan fingerprint density at radius 1 is 1.30 bits per heavy atom. The van der Waals surface area contributed by atoms with Crippen molar-refractivity contribution in [3.63, 3.8) is 0 Å². The van der Waals surface area contributed by atoms with Gasteiger partial charge < -0.3 is 4.57 Å². The molecule has 2 heterocycles. The molecule has 1 aromatic heterocycles. The molecule has 120 valence electrons. The SMILES string of the molecule is CC(C)=CCCn1cc(CC2SC(=O)NC2=O)c2ccccc21. The Labute approximate surface area is 139 Å². The molecule has 3 rings (SSSR count). The number of amides is 2. The molecule has 0 saturated carbocycles. The van der Waals surface area contributed by atoms with Crippen molar-refractivity contribution in [2.75, 3.05) is 0 Å². The van der Waals surface area contributed by atoms with Crippen LogP contribution in [0.25, 0.3) is 10.9 Å². The number of rotatable bonds is 5. The van der Waals surface area contributed by atoms with Crippen LogP contribution >= 0.6 is 11.8 Å². The number of hydrogen-bond acceptors (Lipinski definition) is 3. The van der Waals surface area contributed by atoms with E-state index in [1.54, 1.807) is 0 Å². The molecule has 0 bridgehead atoms. The van der Waals surface area contributed by atoms with E-state index in [0.717, 1.165) is 35.7 Å². The van der Waals surface area contributed by atoms with Crippen molar-refractivity contribution in [2.24, 2.45) is 0 Å². The number of carbonyl (C=O) groups excluding carboxylic acids is 2. The molecule has 4 nitrogen and oxygen atoms in total. The topological polar surface area (TPSA) is 51.1 Å². The highest BCUT2D eigenvalue weighted by Gasteiger charge is 2.32. The molecule has 2 aromatic rings. The first-order chi connectivity index (χ1) is 11.0. The second-order valence-electron chi connectivity index (χ2n) is 6.02. The summed E-state index contributed by atoms with van der Waals surface area (Å²) in [7, 11) is 0. The lowest BCUT2D eigenvalue weighted by Crippen LogP contribution is -2.25. The molecule has 0 aliphatic carbocycles. The number of hydrogen-bond donors (Lipinski definition) is 1. The molecule has 0 radical (unpaired) electrons. The second kappa shape index (κ2) is 6.62. The number of para-hydroxylation sites is 1. The monoisotopic (exact) mass is 328 g/mol. The van der Waals surface area contributed by atoms with Gasteiger partial charge in [0.25, 0.3) is 5.24 Å². The summed E-state index contributed by atoms with van der Waals surface area (Å²) < 4.78 is 2.24. The molecule has 1 aliphatic heterocycles. The van der Waals surface area contributed by atoms with E-state index in [0.29, 0.717) is 6.42 Å². The number of nitrogens with zero attached hydrogens (tertiary/aromatic N) is 1. The van der Waals surface area contributed by atoms with Gasteiger partial charge in [-0.05, 0) is 38.3 Å². The molecule has 1 aliphatic rings. The minimum Gasteiger partial charge on any atom is -0.347 e. The van der Waals surface area contributed by atoms with Crippen LogP contribution in [0.4, 0.5) is 4.79 Å². The standard InChI is InChI=1S/C18H20N2O2S/c1-12(2)6-5-9-20-11-13(14-7-3-4-8-15(14)20)10-16-17(21)19-18(22)23-16/h3-4,6-8,11,16H,5,9-10H2,1-2H3,(H,19,21,22). The zero-order valence-electron chi connectivity index (χ0n) is 13.3. The first-order valence-corrected chi connectivity index (χ1v) is 8.64. The summed E-state index contributed by atoms with van der Waals surface area (Å²) in [6.07, 6.45) is 5.92. The molecule has 1 N–H and O–H groups in total. The van der Waals surface area contributed by atoms with Crippen LogP contribution in [0.5, 0.6) is 0 Å². The number of fused-ring (bicyclic) bond motifs is 1. The number of imide groups is 1. The molecule has 5 heteroatoms.